The third-order valence-electron chi connectivity index (χ3n) is 4.20. The molecule has 130 valence electrons. The van der Waals surface area contributed by atoms with Crippen LogP contribution in [0.1, 0.15) is 32.1 Å². The first kappa shape index (κ1) is 17.0. The molecule has 0 fully saturated rings. The second kappa shape index (κ2) is 7.34. The van der Waals surface area contributed by atoms with E-state index in [1.54, 1.807) is 17.2 Å². The molecule has 3 aromatic rings. The Hall–Kier alpha value is -2.89. The SMILES string of the molecule is CCCN(C(=O)Cn1cccnc1=O)C(C)c1cc2ccccc2o1. The van der Waals surface area contributed by atoms with Crippen molar-refractivity contribution >= 4 is 16.9 Å². The Morgan fingerprint density at radius 2 is 2.12 bits per heavy atom. The summed E-state index contributed by atoms with van der Waals surface area (Å²) in [5, 5.41) is 1.01. The topological polar surface area (TPSA) is 68.3 Å². The van der Waals surface area contributed by atoms with Crippen LogP contribution in [0.25, 0.3) is 11.0 Å². The summed E-state index contributed by atoms with van der Waals surface area (Å²) in [5.74, 6) is 0.603. The highest BCUT2D eigenvalue weighted by atomic mass is 16.3. The predicted octanol–water partition coefficient (Wildman–Crippen LogP) is 2.99. The molecule has 1 unspecified atom stereocenters. The molecule has 6 nitrogen and oxygen atoms in total. The minimum Gasteiger partial charge on any atom is -0.459 e. The van der Waals surface area contributed by atoms with Gasteiger partial charge in [0.1, 0.15) is 17.9 Å². The number of aromatic nitrogens is 2. The lowest BCUT2D eigenvalue weighted by atomic mass is 10.2. The lowest BCUT2D eigenvalue weighted by molar-refractivity contribution is -0.134. The summed E-state index contributed by atoms with van der Waals surface area (Å²) in [4.78, 5) is 30.0. The fraction of sp³-hybridized carbons (Fsp3) is 0.316. The maximum atomic E-state index is 12.8. The molecule has 0 N–H and O–H groups in total. The molecule has 1 amide bonds. The van der Waals surface area contributed by atoms with Gasteiger partial charge in [0, 0.05) is 24.3 Å². The van der Waals surface area contributed by atoms with E-state index in [9.17, 15) is 9.59 Å². The zero-order chi connectivity index (χ0) is 17.8. The second-order valence-corrected chi connectivity index (χ2v) is 5.98. The average molecular weight is 339 g/mol. The third kappa shape index (κ3) is 3.63. The van der Waals surface area contributed by atoms with Crippen molar-refractivity contribution in [3.63, 3.8) is 0 Å². The molecule has 25 heavy (non-hydrogen) atoms. The number of benzene rings is 1. The number of nitrogens with zero attached hydrogens (tertiary/aromatic N) is 3. The first-order chi connectivity index (χ1) is 12.1. The Morgan fingerprint density at radius 3 is 2.84 bits per heavy atom. The number of amides is 1. The Labute approximate surface area is 145 Å². The first-order valence-corrected chi connectivity index (χ1v) is 8.39. The normalized spacial score (nSPS) is 12.2. The van der Waals surface area contributed by atoms with Crippen molar-refractivity contribution in [3.8, 4) is 0 Å². The molecule has 0 aliphatic carbocycles. The average Bonchev–Trinajstić information content (AvgIpc) is 3.05. The van der Waals surface area contributed by atoms with Gasteiger partial charge in [-0.2, -0.15) is 0 Å². The molecular weight excluding hydrogens is 318 g/mol. The number of carbonyl (C=O) groups is 1. The van der Waals surface area contributed by atoms with E-state index in [4.69, 9.17) is 4.42 Å². The summed E-state index contributed by atoms with van der Waals surface area (Å²) in [7, 11) is 0. The summed E-state index contributed by atoms with van der Waals surface area (Å²) in [6, 6.07) is 11.2. The van der Waals surface area contributed by atoms with Gasteiger partial charge in [0.05, 0.1) is 6.04 Å². The van der Waals surface area contributed by atoms with Crippen LogP contribution >= 0.6 is 0 Å². The smallest absolute Gasteiger partial charge is 0.347 e. The van der Waals surface area contributed by atoms with Crippen LogP contribution in [0, 0.1) is 0 Å². The van der Waals surface area contributed by atoms with E-state index in [1.807, 2.05) is 44.2 Å². The van der Waals surface area contributed by atoms with Crippen LogP contribution in [0.3, 0.4) is 0 Å². The molecule has 1 aromatic carbocycles. The minimum absolute atomic E-state index is 0.0305. The summed E-state index contributed by atoms with van der Waals surface area (Å²) in [6.07, 6.45) is 3.81. The van der Waals surface area contributed by atoms with Crippen LogP contribution in [-0.4, -0.2) is 26.9 Å². The highest BCUT2D eigenvalue weighted by molar-refractivity contribution is 5.79. The number of rotatable bonds is 6. The summed E-state index contributed by atoms with van der Waals surface area (Å²) >= 11 is 0. The van der Waals surface area contributed by atoms with Crippen molar-refractivity contribution < 1.29 is 9.21 Å². The van der Waals surface area contributed by atoms with E-state index < -0.39 is 5.69 Å². The highest BCUT2D eigenvalue weighted by Crippen LogP contribution is 2.27. The molecule has 0 aliphatic heterocycles. The number of fused-ring (bicyclic) bond motifs is 1. The summed E-state index contributed by atoms with van der Waals surface area (Å²) < 4.78 is 7.22. The molecule has 0 saturated heterocycles. The van der Waals surface area contributed by atoms with Crippen LogP contribution < -0.4 is 5.69 Å². The largest absolute Gasteiger partial charge is 0.459 e. The van der Waals surface area contributed by atoms with Crippen LogP contribution in [0.5, 0.6) is 0 Å². The molecule has 6 heteroatoms. The van der Waals surface area contributed by atoms with Crippen molar-refractivity contribution in [2.75, 3.05) is 6.54 Å². The van der Waals surface area contributed by atoms with Crippen LogP contribution in [0.15, 0.2) is 58.0 Å². The minimum atomic E-state index is -0.427. The zero-order valence-electron chi connectivity index (χ0n) is 14.4. The van der Waals surface area contributed by atoms with Gasteiger partial charge in [-0.25, -0.2) is 9.78 Å². The van der Waals surface area contributed by atoms with E-state index in [1.165, 1.54) is 10.8 Å². The van der Waals surface area contributed by atoms with Crippen LogP contribution in [-0.2, 0) is 11.3 Å². The maximum absolute atomic E-state index is 12.8. The molecule has 2 heterocycles. The monoisotopic (exact) mass is 339 g/mol. The molecule has 2 aromatic heterocycles. The third-order valence-corrected chi connectivity index (χ3v) is 4.20. The molecule has 0 aliphatic rings. The maximum Gasteiger partial charge on any atom is 0.347 e. The molecule has 0 bridgehead atoms. The molecule has 0 radical (unpaired) electrons. The van der Waals surface area contributed by atoms with Gasteiger partial charge in [-0.05, 0) is 31.5 Å². The standard InChI is InChI=1S/C19H21N3O3/c1-3-10-22(18(23)13-21-11-6-9-20-19(21)24)14(2)17-12-15-7-4-5-8-16(15)25-17/h4-9,11-12,14H,3,10,13H2,1-2H3. The van der Waals surface area contributed by atoms with Gasteiger partial charge in [0.2, 0.25) is 5.91 Å². The zero-order valence-corrected chi connectivity index (χ0v) is 14.4. The fourth-order valence-corrected chi connectivity index (χ4v) is 2.88. The summed E-state index contributed by atoms with van der Waals surface area (Å²) in [6.45, 7) is 4.52. The second-order valence-electron chi connectivity index (χ2n) is 5.98. The number of hydrogen-bond donors (Lipinski definition) is 0. The Kier molecular flexibility index (Phi) is 4.97. The van der Waals surface area contributed by atoms with E-state index in [-0.39, 0.29) is 18.5 Å². The number of furan rings is 1. The quantitative estimate of drug-likeness (QED) is 0.692. The number of hydrogen-bond acceptors (Lipinski definition) is 4. The van der Waals surface area contributed by atoms with E-state index in [2.05, 4.69) is 4.98 Å². The fourth-order valence-electron chi connectivity index (χ4n) is 2.88. The van der Waals surface area contributed by atoms with Gasteiger partial charge >= 0.3 is 5.69 Å². The highest BCUT2D eigenvalue weighted by Gasteiger charge is 2.24. The first-order valence-electron chi connectivity index (χ1n) is 8.39. The van der Waals surface area contributed by atoms with Crippen molar-refractivity contribution in [1.82, 2.24) is 14.5 Å². The van der Waals surface area contributed by atoms with E-state index in [0.29, 0.717) is 6.54 Å². The van der Waals surface area contributed by atoms with E-state index >= 15 is 0 Å². The molecular formula is C19H21N3O3. The van der Waals surface area contributed by atoms with Crippen molar-refractivity contribution in [1.29, 1.82) is 0 Å². The van der Waals surface area contributed by atoms with Gasteiger partial charge in [-0.15, -0.1) is 0 Å². The predicted molar refractivity (Wildman–Crippen MR) is 95.1 cm³/mol. The summed E-state index contributed by atoms with van der Waals surface area (Å²) in [5.41, 5.74) is 0.375. The van der Waals surface area contributed by atoms with Crippen LogP contribution in [0.2, 0.25) is 0 Å². The Balaban J connectivity index is 1.85. The van der Waals surface area contributed by atoms with Crippen molar-refractivity contribution in [2.45, 2.75) is 32.9 Å². The Morgan fingerprint density at radius 1 is 1.32 bits per heavy atom. The molecule has 0 spiro atoms. The van der Waals surface area contributed by atoms with Gasteiger partial charge in [-0.3, -0.25) is 9.36 Å². The van der Waals surface area contributed by atoms with E-state index in [0.717, 1.165) is 23.2 Å². The van der Waals surface area contributed by atoms with Gasteiger partial charge in [0.25, 0.3) is 0 Å². The molecule has 3 rings (SSSR count). The van der Waals surface area contributed by atoms with Gasteiger partial charge in [-0.1, -0.05) is 25.1 Å². The van der Waals surface area contributed by atoms with Crippen molar-refractivity contribution in [2.24, 2.45) is 0 Å². The number of carbonyl (C=O) groups excluding carboxylic acids is 1. The molecule has 1 atom stereocenters. The van der Waals surface area contributed by atoms with Crippen molar-refractivity contribution in [3.05, 3.63) is 65.0 Å². The Bertz CT molecular complexity index is 896. The molecule has 0 saturated carbocycles. The van der Waals surface area contributed by atoms with Gasteiger partial charge in [0.15, 0.2) is 0 Å². The van der Waals surface area contributed by atoms with Crippen LogP contribution in [0.4, 0.5) is 0 Å². The number of para-hydroxylation sites is 1. The van der Waals surface area contributed by atoms with Gasteiger partial charge < -0.3 is 9.32 Å². The lowest BCUT2D eigenvalue weighted by Gasteiger charge is -2.28. The lowest BCUT2D eigenvalue weighted by Crippen LogP contribution is -2.38.